The Bertz CT molecular complexity index is 333. The first-order valence-corrected chi connectivity index (χ1v) is 5.64. The zero-order valence-electron chi connectivity index (χ0n) is 11.1. The molecular formula is C14H22O3. The number of allylic oxidation sites excluding steroid dienone is 3. The number of aliphatic hydroxyl groups excluding tert-OH is 1. The largest absolute Gasteiger partial charge is 0.466 e. The van der Waals surface area contributed by atoms with E-state index in [2.05, 4.69) is 17.4 Å². The molecule has 1 atom stereocenters. The molecule has 1 unspecified atom stereocenters. The molecule has 0 amide bonds. The van der Waals surface area contributed by atoms with E-state index < -0.39 is 12.1 Å². The molecule has 0 aromatic rings. The zero-order chi connectivity index (χ0) is 13.4. The molecule has 3 heteroatoms. The first-order chi connectivity index (χ1) is 7.88. The number of hydrogen-bond donors (Lipinski definition) is 1. The number of carbonyl (C=O) groups is 1. The third-order valence-electron chi connectivity index (χ3n) is 2.34. The number of ether oxygens (including phenoxy) is 1. The number of esters is 1. The van der Waals surface area contributed by atoms with Crippen LogP contribution in [-0.2, 0) is 9.53 Å². The SMILES string of the molecule is C=C(C(=O)OC)C(O)/C=C(\C)CCC=C(C)C. The van der Waals surface area contributed by atoms with Gasteiger partial charge >= 0.3 is 5.97 Å². The van der Waals surface area contributed by atoms with Crippen LogP contribution in [0, 0.1) is 0 Å². The monoisotopic (exact) mass is 238 g/mol. The summed E-state index contributed by atoms with van der Waals surface area (Å²) in [5, 5.41) is 9.71. The second-order valence-electron chi connectivity index (χ2n) is 4.29. The van der Waals surface area contributed by atoms with Gasteiger partial charge in [0, 0.05) is 0 Å². The molecule has 0 rings (SSSR count). The van der Waals surface area contributed by atoms with Gasteiger partial charge in [0.15, 0.2) is 0 Å². The van der Waals surface area contributed by atoms with Crippen LogP contribution in [0.2, 0.25) is 0 Å². The van der Waals surface area contributed by atoms with E-state index >= 15 is 0 Å². The average Bonchev–Trinajstić information content (AvgIpc) is 2.26. The number of carbonyl (C=O) groups excluding carboxylic acids is 1. The Morgan fingerprint density at radius 3 is 2.47 bits per heavy atom. The summed E-state index contributed by atoms with van der Waals surface area (Å²) < 4.78 is 4.49. The van der Waals surface area contributed by atoms with Crippen LogP contribution >= 0.6 is 0 Å². The second-order valence-corrected chi connectivity index (χ2v) is 4.29. The van der Waals surface area contributed by atoms with Gasteiger partial charge in [-0.15, -0.1) is 0 Å². The molecule has 3 nitrogen and oxygen atoms in total. The van der Waals surface area contributed by atoms with Crippen LogP contribution in [0.3, 0.4) is 0 Å². The number of methoxy groups -OCH3 is 1. The van der Waals surface area contributed by atoms with E-state index in [1.54, 1.807) is 6.08 Å². The number of aliphatic hydroxyl groups is 1. The predicted octanol–water partition coefficient (Wildman–Crippen LogP) is 2.77. The van der Waals surface area contributed by atoms with Crippen molar-refractivity contribution in [2.45, 2.75) is 39.7 Å². The van der Waals surface area contributed by atoms with Gasteiger partial charge < -0.3 is 9.84 Å². The van der Waals surface area contributed by atoms with E-state index in [1.807, 2.05) is 20.8 Å². The van der Waals surface area contributed by atoms with E-state index in [0.29, 0.717) is 0 Å². The Morgan fingerprint density at radius 1 is 1.41 bits per heavy atom. The Labute approximate surface area is 103 Å². The van der Waals surface area contributed by atoms with Crippen molar-refractivity contribution >= 4 is 5.97 Å². The van der Waals surface area contributed by atoms with Crippen LogP contribution in [0.5, 0.6) is 0 Å². The van der Waals surface area contributed by atoms with Crippen LogP contribution in [0.25, 0.3) is 0 Å². The lowest BCUT2D eigenvalue weighted by atomic mass is 10.1. The minimum Gasteiger partial charge on any atom is -0.466 e. The molecule has 96 valence electrons. The van der Waals surface area contributed by atoms with E-state index in [0.717, 1.165) is 18.4 Å². The highest BCUT2D eigenvalue weighted by Crippen LogP contribution is 2.11. The van der Waals surface area contributed by atoms with Crippen LogP contribution < -0.4 is 0 Å². The van der Waals surface area contributed by atoms with Gasteiger partial charge in [-0.3, -0.25) is 0 Å². The Hall–Kier alpha value is -1.35. The van der Waals surface area contributed by atoms with Gasteiger partial charge in [-0.05, 0) is 33.6 Å². The van der Waals surface area contributed by atoms with Crippen LogP contribution in [-0.4, -0.2) is 24.3 Å². The maximum atomic E-state index is 11.1. The normalized spacial score (nSPS) is 12.9. The topological polar surface area (TPSA) is 46.5 Å². The molecule has 0 bridgehead atoms. The van der Waals surface area contributed by atoms with Crippen LogP contribution in [0.1, 0.15) is 33.6 Å². The lowest BCUT2D eigenvalue weighted by Gasteiger charge is -2.09. The summed E-state index contributed by atoms with van der Waals surface area (Å²) in [6.45, 7) is 9.53. The summed E-state index contributed by atoms with van der Waals surface area (Å²) >= 11 is 0. The first kappa shape index (κ1) is 15.7. The zero-order valence-corrected chi connectivity index (χ0v) is 11.1. The van der Waals surface area contributed by atoms with E-state index in [4.69, 9.17) is 0 Å². The molecule has 0 aliphatic carbocycles. The highest BCUT2D eigenvalue weighted by atomic mass is 16.5. The average molecular weight is 238 g/mol. The van der Waals surface area contributed by atoms with Crippen LogP contribution in [0.15, 0.2) is 35.5 Å². The fourth-order valence-corrected chi connectivity index (χ4v) is 1.29. The van der Waals surface area contributed by atoms with Gasteiger partial charge in [0.05, 0.1) is 12.7 Å². The van der Waals surface area contributed by atoms with Crippen molar-refractivity contribution in [1.82, 2.24) is 0 Å². The van der Waals surface area contributed by atoms with Crippen molar-refractivity contribution in [1.29, 1.82) is 0 Å². The minimum absolute atomic E-state index is 0.0639. The fraction of sp³-hybridized carbons (Fsp3) is 0.500. The Balaban J connectivity index is 4.33. The van der Waals surface area contributed by atoms with E-state index in [-0.39, 0.29) is 5.57 Å². The summed E-state index contributed by atoms with van der Waals surface area (Å²) in [5.74, 6) is -0.578. The maximum Gasteiger partial charge on any atom is 0.336 e. The summed E-state index contributed by atoms with van der Waals surface area (Å²) in [6, 6.07) is 0. The standard InChI is InChI=1S/C14H22O3/c1-10(2)7-6-8-11(3)9-13(15)12(4)14(16)17-5/h7,9,13,15H,4,6,8H2,1-3,5H3/b11-9+. The molecule has 1 N–H and O–H groups in total. The van der Waals surface area contributed by atoms with Gasteiger partial charge in [-0.1, -0.05) is 29.9 Å². The fourth-order valence-electron chi connectivity index (χ4n) is 1.29. The van der Waals surface area contributed by atoms with Gasteiger partial charge in [-0.25, -0.2) is 4.79 Å². The molecule has 0 aromatic heterocycles. The van der Waals surface area contributed by atoms with Crippen molar-refractivity contribution in [3.63, 3.8) is 0 Å². The molecule has 0 fully saturated rings. The second kappa shape index (κ2) is 7.85. The van der Waals surface area contributed by atoms with E-state index in [1.165, 1.54) is 12.7 Å². The van der Waals surface area contributed by atoms with Crippen LogP contribution in [0.4, 0.5) is 0 Å². The molecule has 17 heavy (non-hydrogen) atoms. The smallest absolute Gasteiger partial charge is 0.336 e. The summed E-state index contributed by atoms with van der Waals surface area (Å²) in [5.41, 5.74) is 2.37. The molecule has 0 aromatic carbocycles. The molecular weight excluding hydrogens is 216 g/mol. The lowest BCUT2D eigenvalue weighted by molar-refractivity contribution is -0.136. The van der Waals surface area contributed by atoms with E-state index in [9.17, 15) is 9.90 Å². The first-order valence-electron chi connectivity index (χ1n) is 5.64. The number of hydrogen-bond acceptors (Lipinski definition) is 3. The highest BCUT2D eigenvalue weighted by Gasteiger charge is 2.14. The maximum absolute atomic E-state index is 11.1. The Kier molecular flexibility index (Phi) is 7.22. The lowest BCUT2D eigenvalue weighted by Crippen LogP contribution is -2.16. The van der Waals surface area contributed by atoms with Gasteiger partial charge in [-0.2, -0.15) is 0 Å². The quantitative estimate of drug-likeness (QED) is 0.439. The molecule has 0 saturated carbocycles. The van der Waals surface area contributed by atoms with Crippen molar-refractivity contribution < 1.29 is 14.6 Å². The third-order valence-corrected chi connectivity index (χ3v) is 2.34. The van der Waals surface area contributed by atoms with Gasteiger partial charge in [0.1, 0.15) is 6.10 Å². The summed E-state index contributed by atoms with van der Waals surface area (Å²) in [6.07, 6.45) is 4.60. The molecule has 0 radical (unpaired) electrons. The van der Waals surface area contributed by atoms with Gasteiger partial charge in [0.25, 0.3) is 0 Å². The Morgan fingerprint density at radius 2 is 2.00 bits per heavy atom. The van der Waals surface area contributed by atoms with Crippen molar-refractivity contribution in [3.05, 3.63) is 35.5 Å². The molecule has 0 aliphatic heterocycles. The molecule has 0 heterocycles. The minimum atomic E-state index is -0.964. The van der Waals surface area contributed by atoms with Crippen molar-refractivity contribution in [2.24, 2.45) is 0 Å². The number of rotatable bonds is 6. The molecule has 0 spiro atoms. The molecule has 0 aliphatic rings. The molecule has 0 saturated heterocycles. The van der Waals surface area contributed by atoms with Gasteiger partial charge in [0.2, 0.25) is 0 Å². The third kappa shape index (κ3) is 6.74. The predicted molar refractivity (Wildman–Crippen MR) is 69.6 cm³/mol. The van der Waals surface area contributed by atoms with Crippen molar-refractivity contribution in [3.8, 4) is 0 Å². The van der Waals surface area contributed by atoms with Crippen molar-refractivity contribution in [2.75, 3.05) is 7.11 Å². The summed E-state index contributed by atoms with van der Waals surface area (Å²) in [4.78, 5) is 11.1. The highest BCUT2D eigenvalue weighted by molar-refractivity contribution is 5.89. The summed E-state index contributed by atoms with van der Waals surface area (Å²) in [7, 11) is 1.27.